The highest BCUT2D eigenvalue weighted by Gasteiger charge is 2.15. The molecule has 0 aliphatic heterocycles. The van der Waals surface area contributed by atoms with Crippen LogP contribution in [0.5, 0.6) is 11.5 Å². The van der Waals surface area contributed by atoms with Crippen LogP contribution in [0.4, 0.5) is 5.13 Å². The van der Waals surface area contributed by atoms with E-state index in [1.165, 1.54) is 11.3 Å². The van der Waals surface area contributed by atoms with Crippen LogP contribution in [0.1, 0.15) is 28.8 Å². The number of benzene rings is 1. The number of amides is 1. The molecule has 0 saturated carbocycles. The number of carbonyl (C=O) groups excluding carboxylic acids is 1. The molecule has 0 unspecified atom stereocenters. The molecule has 8 nitrogen and oxygen atoms in total. The number of rotatable bonds is 7. The summed E-state index contributed by atoms with van der Waals surface area (Å²) in [5.41, 5.74) is 3.18. The standard InChI is InChI=1S/C22H22N4O4S/c1-12-15(13(2)24-21(28)17(12)10-23)6-8-20(27)26-22-25-18(11-31-22)16-9-14(29-3)5-7-19(16)30-4/h5,7,9,11H,6,8H2,1-4H3,(H,24,28)(H,25,26,27). The minimum Gasteiger partial charge on any atom is -0.497 e. The topological polar surface area (TPSA) is 117 Å². The highest BCUT2D eigenvalue weighted by Crippen LogP contribution is 2.35. The SMILES string of the molecule is COc1ccc(OC)c(-c2csc(NC(=O)CCc3c(C)[nH]c(=O)c(C#N)c3C)n2)c1. The molecule has 31 heavy (non-hydrogen) atoms. The second kappa shape index (κ2) is 9.45. The van der Waals surface area contributed by atoms with Gasteiger partial charge in [-0.1, -0.05) is 0 Å². The van der Waals surface area contributed by atoms with Crippen molar-refractivity contribution in [1.29, 1.82) is 5.26 Å². The normalized spacial score (nSPS) is 10.4. The zero-order chi connectivity index (χ0) is 22.5. The lowest BCUT2D eigenvalue weighted by Gasteiger charge is -2.10. The van der Waals surface area contributed by atoms with Crippen molar-refractivity contribution in [3.63, 3.8) is 0 Å². The summed E-state index contributed by atoms with van der Waals surface area (Å²) in [5, 5.41) is 14.3. The summed E-state index contributed by atoms with van der Waals surface area (Å²) in [5.74, 6) is 1.13. The van der Waals surface area contributed by atoms with E-state index in [9.17, 15) is 14.9 Å². The highest BCUT2D eigenvalue weighted by atomic mass is 32.1. The smallest absolute Gasteiger partial charge is 0.266 e. The number of hydrogen-bond donors (Lipinski definition) is 2. The van der Waals surface area contributed by atoms with Gasteiger partial charge in [0.25, 0.3) is 5.56 Å². The van der Waals surface area contributed by atoms with Crippen LogP contribution in [0, 0.1) is 25.2 Å². The van der Waals surface area contributed by atoms with E-state index in [1.54, 1.807) is 40.2 Å². The number of H-pyrrole nitrogens is 1. The summed E-state index contributed by atoms with van der Waals surface area (Å²) < 4.78 is 10.7. The third-order valence-electron chi connectivity index (χ3n) is 4.96. The minimum absolute atomic E-state index is 0.0813. The van der Waals surface area contributed by atoms with Crippen LogP contribution in [-0.2, 0) is 11.2 Å². The fourth-order valence-electron chi connectivity index (χ4n) is 3.31. The number of anilines is 1. The molecule has 0 fully saturated rings. The van der Waals surface area contributed by atoms with E-state index in [-0.39, 0.29) is 17.9 Å². The molecular formula is C22H22N4O4S. The van der Waals surface area contributed by atoms with E-state index in [4.69, 9.17) is 9.47 Å². The van der Waals surface area contributed by atoms with E-state index in [0.717, 1.165) is 11.1 Å². The molecule has 1 aromatic carbocycles. The first-order valence-corrected chi connectivity index (χ1v) is 10.4. The molecule has 0 aliphatic rings. The molecule has 0 bridgehead atoms. The van der Waals surface area contributed by atoms with Gasteiger partial charge in [-0.25, -0.2) is 4.98 Å². The van der Waals surface area contributed by atoms with Gasteiger partial charge in [-0.3, -0.25) is 9.59 Å². The number of ether oxygens (including phenoxy) is 2. The number of methoxy groups -OCH3 is 2. The number of thiazole rings is 1. The quantitative estimate of drug-likeness (QED) is 0.582. The molecule has 1 amide bonds. The summed E-state index contributed by atoms with van der Waals surface area (Å²) in [7, 11) is 3.17. The van der Waals surface area contributed by atoms with E-state index in [0.29, 0.717) is 40.0 Å². The number of hydrogen-bond acceptors (Lipinski definition) is 7. The molecule has 3 rings (SSSR count). The second-order valence-electron chi connectivity index (χ2n) is 6.82. The van der Waals surface area contributed by atoms with Gasteiger partial charge in [-0.05, 0) is 49.6 Å². The Morgan fingerprint density at radius 3 is 2.74 bits per heavy atom. The number of nitrogens with one attached hydrogen (secondary N) is 2. The minimum atomic E-state index is -0.408. The summed E-state index contributed by atoms with van der Waals surface area (Å²) in [6, 6.07) is 7.35. The summed E-state index contributed by atoms with van der Waals surface area (Å²) in [6.07, 6.45) is 0.590. The molecule has 2 N–H and O–H groups in total. The molecular weight excluding hydrogens is 416 g/mol. The Morgan fingerprint density at radius 1 is 1.29 bits per heavy atom. The maximum Gasteiger partial charge on any atom is 0.266 e. The predicted octanol–water partition coefficient (Wildman–Crippen LogP) is 3.58. The fourth-order valence-corrected chi connectivity index (χ4v) is 4.04. The third-order valence-corrected chi connectivity index (χ3v) is 5.71. The number of carbonyl (C=O) groups is 1. The van der Waals surface area contributed by atoms with E-state index < -0.39 is 5.56 Å². The summed E-state index contributed by atoms with van der Waals surface area (Å²) in [4.78, 5) is 31.5. The lowest BCUT2D eigenvalue weighted by molar-refractivity contribution is -0.116. The van der Waals surface area contributed by atoms with Crippen molar-refractivity contribution in [2.75, 3.05) is 19.5 Å². The summed E-state index contributed by atoms with van der Waals surface area (Å²) >= 11 is 1.31. The van der Waals surface area contributed by atoms with Crippen LogP contribution < -0.4 is 20.3 Å². The van der Waals surface area contributed by atoms with Crippen LogP contribution in [0.3, 0.4) is 0 Å². The van der Waals surface area contributed by atoms with Crippen molar-refractivity contribution in [2.24, 2.45) is 0 Å². The van der Waals surface area contributed by atoms with Crippen molar-refractivity contribution in [3.8, 4) is 28.8 Å². The van der Waals surface area contributed by atoms with Gasteiger partial charge in [0.15, 0.2) is 5.13 Å². The van der Waals surface area contributed by atoms with Crippen molar-refractivity contribution in [1.82, 2.24) is 9.97 Å². The van der Waals surface area contributed by atoms with Gasteiger partial charge in [0.1, 0.15) is 23.1 Å². The summed E-state index contributed by atoms with van der Waals surface area (Å²) in [6.45, 7) is 3.49. The third kappa shape index (κ3) is 4.75. The van der Waals surface area contributed by atoms with Crippen LogP contribution >= 0.6 is 11.3 Å². The number of aryl methyl sites for hydroxylation is 1. The van der Waals surface area contributed by atoms with Crippen LogP contribution in [0.25, 0.3) is 11.3 Å². The molecule has 0 saturated heterocycles. The maximum atomic E-state index is 12.5. The average Bonchev–Trinajstić information content (AvgIpc) is 3.21. The van der Waals surface area contributed by atoms with E-state index >= 15 is 0 Å². The first-order chi connectivity index (χ1) is 14.9. The highest BCUT2D eigenvalue weighted by molar-refractivity contribution is 7.14. The van der Waals surface area contributed by atoms with Crippen molar-refractivity contribution in [3.05, 3.63) is 56.3 Å². The number of pyridine rings is 1. The lowest BCUT2D eigenvalue weighted by atomic mass is 9.99. The number of nitrogens with zero attached hydrogens (tertiary/aromatic N) is 2. The molecule has 0 aliphatic carbocycles. The largest absolute Gasteiger partial charge is 0.497 e. The molecule has 160 valence electrons. The monoisotopic (exact) mass is 438 g/mol. The number of aromatic nitrogens is 2. The van der Waals surface area contributed by atoms with Crippen LogP contribution in [0.2, 0.25) is 0 Å². The van der Waals surface area contributed by atoms with Crippen LogP contribution in [-0.4, -0.2) is 30.1 Å². The Morgan fingerprint density at radius 2 is 2.06 bits per heavy atom. The number of aromatic amines is 1. The lowest BCUT2D eigenvalue weighted by Crippen LogP contribution is -2.18. The molecule has 3 aromatic rings. The number of nitriles is 1. The Kier molecular flexibility index (Phi) is 6.72. The predicted molar refractivity (Wildman–Crippen MR) is 119 cm³/mol. The molecule has 0 radical (unpaired) electrons. The average molecular weight is 439 g/mol. The zero-order valence-electron chi connectivity index (χ0n) is 17.7. The van der Waals surface area contributed by atoms with Gasteiger partial charge in [0, 0.05) is 23.1 Å². The first kappa shape index (κ1) is 22.1. The molecule has 9 heteroatoms. The van der Waals surface area contributed by atoms with Gasteiger partial charge in [0.2, 0.25) is 5.91 Å². The van der Waals surface area contributed by atoms with Gasteiger partial charge in [-0.15, -0.1) is 11.3 Å². The molecule has 0 spiro atoms. The first-order valence-electron chi connectivity index (χ1n) is 9.48. The zero-order valence-corrected chi connectivity index (χ0v) is 18.5. The Balaban J connectivity index is 1.72. The molecule has 2 heterocycles. The van der Waals surface area contributed by atoms with Crippen LogP contribution in [0.15, 0.2) is 28.4 Å². The Hall–Kier alpha value is -3.64. The van der Waals surface area contributed by atoms with Crippen molar-refractivity contribution in [2.45, 2.75) is 26.7 Å². The Labute approximate surface area is 183 Å². The van der Waals surface area contributed by atoms with Gasteiger partial charge in [-0.2, -0.15) is 5.26 Å². The van der Waals surface area contributed by atoms with Gasteiger partial charge in [0.05, 0.1) is 19.9 Å². The second-order valence-corrected chi connectivity index (χ2v) is 7.68. The van der Waals surface area contributed by atoms with Gasteiger partial charge < -0.3 is 19.8 Å². The van der Waals surface area contributed by atoms with E-state index in [2.05, 4.69) is 15.3 Å². The molecule has 0 atom stereocenters. The fraction of sp³-hybridized carbons (Fsp3) is 0.273. The molecule has 2 aromatic heterocycles. The van der Waals surface area contributed by atoms with Crippen molar-refractivity contribution >= 4 is 22.4 Å². The van der Waals surface area contributed by atoms with Gasteiger partial charge >= 0.3 is 0 Å². The van der Waals surface area contributed by atoms with E-state index in [1.807, 2.05) is 17.5 Å². The Bertz CT molecular complexity index is 1220. The van der Waals surface area contributed by atoms with Crippen molar-refractivity contribution < 1.29 is 14.3 Å². The maximum absolute atomic E-state index is 12.5.